The molecule has 0 aromatic carbocycles. The smallest absolute Gasteiger partial charge is 0.254 e. The maximum atomic E-state index is 12.1. The van der Waals surface area contributed by atoms with Gasteiger partial charge in [0.15, 0.2) is 0 Å². The zero-order valence-corrected chi connectivity index (χ0v) is 12.0. The van der Waals surface area contributed by atoms with E-state index in [1.54, 1.807) is 6.20 Å². The molecular weight excluding hydrogens is 240 g/mol. The van der Waals surface area contributed by atoms with Crippen LogP contribution in [0.2, 0.25) is 0 Å². The predicted octanol–water partition coefficient (Wildman–Crippen LogP) is 1.64. The molecule has 0 radical (unpaired) electrons. The minimum absolute atomic E-state index is 0.0315. The van der Waals surface area contributed by atoms with Gasteiger partial charge in [0, 0.05) is 18.3 Å². The molecule has 0 saturated heterocycles. The molecule has 1 amide bonds. The Labute approximate surface area is 114 Å². The van der Waals surface area contributed by atoms with E-state index in [1.165, 1.54) is 0 Å². The second-order valence-corrected chi connectivity index (χ2v) is 6.43. The van der Waals surface area contributed by atoms with Crippen molar-refractivity contribution in [1.29, 1.82) is 0 Å². The van der Waals surface area contributed by atoms with Gasteiger partial charge in [0.05, 0.1) is 17.3 Å². The lowest BCUT2D eigenvalue weighted by Gasteiger charge is -2.26. The van der Waals surface area contributed by atoms with Crippen molar-refractivity contribution in [3.63, 3.8) is 0 Å². The monoisotopic (exact) mass is 264 g/mol. The maximum Gasteiger partial charge on any atom is 0.254 e. The Bertz CT molecular complexity index is 439. The number of hydrogen-bond acceptors (Lipinski definition) is 3. The van der Waals surface area contributed by atoms with Crippen LogP contribution in [0, 0.1) is 0 Å². The third-order valence-corrected chi connectivity index (χ3v) is 3.64. The minimum atomic E-state index is -0.101. The quantitative estimate of drug-likeness (QED) is 0.853. The Morgan fingerprint density at radius 1 is 1.37 bits per heavy atom. The summed E-state index contributed by atoms with van der Waals surface area (Å²) >= 11 is 0. The van der Waals surface area contributed by atoms with E-state index < -0.39 is 0 Å². The van der Waals surface area contributed by atoms with E-state index in [0.29, 0.717) is 11.6 Å². The minimum Gasteiger partial charge on any atom is -0.349 e. The Hall–Kier alpha value is -1.36. The molecule has 1 heterocycles. The third kappa shape index (κ3) is 3.56. The zero-order chi connectivity index (χ0) is 14.0. The number of hydrogen-bond donors (Lipinski definition) is 2. The highest BCUT2D eigenvalue weighted by Gasteiger charge is 2.22. The number of amides is 1. The summed E-state index contributed by atoms with van der Waals surface area (Å²) in [7, 11) is 0. The van der Waals surface area contributed by atoms with Crippen LogP contribution < -0.4 is 11.1 Å². The van der Waals surface area contributed by atoms with Gasteiger partial charge in [0.2, 0.25) is 0 Å². The normalized spacial score (nSPS) is 24.2. The number of carbonyl (C=O) groups is 1. The Balaban J connectivity index is 1.95. The standard InChI is InChI=1S/C14H24N4O/c1-14(2,3)18-9-10(8-16-18)13(19)17-12-6-4-11(15)5-7-12/h8-9,11-12H,4-7,15H2,1-3H3,(H,17,19). The van der Waals surface area contributed by atoms with Gasteiger partial charge < -0.3 is 11.1 Å². The van der Waals surface area contributed by atoms with Crippen molar-refractivity contribution in [2.45, 2.75) is 64.1 Å². The first-order valence-electron chi connectivity index (χ1n) is 6.98. The lowest BCUT2D eigenvalue weighted by atomic mass is 9.92. The van der Waals surface area contributed by atoms with Crippen LogP contribution in [0.3, 0.4) is 0 Å². The van der Waals surface area contributed by atoms with Gasteiger partial charge >= 0.3 is 0 Å². The van der Waals surface area contributed by atoms with Crippen molar-refractivity contribution >= 4 is 5.91 Å². The second kappa shape index (κ2) is 5.33. The number of nitrogens with two attached hydrogens (primary N) is 1. The summed E-state index contributed by atoms with van der Waals surface area (Å²) in [6.07, 6.45) is 7.37. The number of aromatic nitrogens is 2. The summed E-state index contributed by atoms with van der Waals surface area (Å²) < 4.78 is 1.82. The molecule has 5 heteroatoms. The molecule has 0 spiro atoms. The Kier molecular flexibility index (Phi) is 3.94. The van der Waals surface area contributed by atoms with E-state index in [2.05, 4.69) is 31.2 Å². The largest absolute Gasteiger partial charge is 0.349 e. The molecule has 0 aliphatic heterocycles. The fraction of sp³-hybridized carbons (Fsp3) is 0.714. The predicted molar refractivity (Wildman–Crippen MR) is 74.9 cm³/mol. The van der Waals surface area contributed by atoms with Crippen molar-refractivity contribution in [1.82, 2.24) is 15.1 Å². The van der Waals surface area contributed by atoms with Crippen LogP contribution in [0.4, 0.5) is 0 Å². The van der Waals surface area contributed by atoms with Crippen molar-refractivity contribution < 1.29 is 4.79 Å². The van der Waals surface area contributed by atoms with Gasteiger partial charge in [-0.15, -0.1) is 0 Å². The van der Waals surface area contributed by atoms with Gasteiger partial charge in [-0.1, -0.05) is 0 Å². The van der Waals surface area contributed by atoms with E-state index in [1.807, 2.05) is 10.9 Å². The number of nitrogens with zero attached hydrogens (tertiary/aromatic N) is 2. The lowest BCUT2D eigenvalue weighted by molar-refractivity contribution is 0.0925. The highest BCUT2D eigenvalue weighted by molar-refractivity contribution is 5.93. The van der Waals surface area contributed by atoms with Crippen molar-refractivity contribution in [2.75, 3.05) is 0 Å². The second-order valence-electron chi connectivity index (χ2n) is 6.43. The summed E-state index contributed by atoms with van der Waals surface area (Å²) in [4.78, 5) is 12.1. The highest BCUT2D eigenvalue weighted by Crippen LogP contribution is 2.18. The third-order valence-electron chi connectivity index (χ3n) is 3.64. The van der Waals surface area contributed by atoms with Crippen LogP contribution in [0.5, 0.6) is 0 Å². The average Bonchev–Trinajstić information content (AvgIpc) is 2.81. The van der Waals surface area contributed by atoms with Gasteiger partial charge in [-0.2, -0.15) is 5.10 Å². The van der Waals surface area contributed by atoms with Crippen molar-refractivity contribution in [2.24, 2.45) is 5.73 Å². The Morgan fingerprint density at radius 3 is 2.53 bits per heavy atom. The molecule has 106 valence electrons. The number of rotatable bonds is 2. The van der Waals surface area contributed by atoms with E-state index in [0.717, 1.165) is 25.7 Å². The molecule has 1 saturated carbocycles. The van der Waals surface area contributed by atoms with Crippen LogP contribution in [-0.2, 0) is 5.54 Å². The summed E-state index contributed by atoms with van der Waals surface area (Å²) in [5.41, 5.74) is 6.39. The molecule has 5 nitrogen and oxygen atoms in total. The van der Waals surface area contributed by atoms with Crippen LogP contribution in [0.25, 0.3) is 0 Å². The van der Waals surface area contributed by atoms with Gasteiger partial charge in [-0.05, 0) is 46.5 Å². The molecule has 0 unspecified atom stereocenters. The molecule has 1 aromatic heterocycles. The fourth-order valence-electron chi connectivity index (χ4n) is 2.34. The van der Waals surface area contributed by atoms with Crippen LogP contribution in [0.1, 0.15) is 56.8 Å². The molecule has 1 aliphatic carbocycles. The molecule has 19 heavy (non-hydrogen) atoms. The topological polar surface area (TPSA) is 72.9 Å². The first-order valence-corrected chi connectivity index (χ1v) is 6.98. The van der Waals surface area contributed by atoms with Crippen LogP contribution in [-0.4, -0.2) is 27.8 Å². The summed E-state index contributed by atoms with van der Waals surface area (Å²) in [6.45, 7) is 6.18. The lowest BCUT2D eigenvalue weighted by Crippen LogP contribution is -2.40. The maximum absolute atomic E-state index is 12.1. The van der Waals surface area contributed by atoms with Crippen molar-refractivity contribution in [3.8, 4) is 0 Å². The highest BCUT2D eigenvalue weighted by atomic mass is 16.1. The molecule has 0 atom stereocenters. The van der Waals surface area contributed by atoms with Crippen LogP contribution >= 0.6 is 0 Å². The molecule has 1 aromatic rings. The first kappa shape index (κ1) is 14.1. The first-order chi connectivity index (χ1) is 8.86. The number of carbonyl (C=O) groups excluding carboxylic acids is 1. The summed E-state index contributed by atoms with van der Waals surface area (Å²) in [5.74, 6) is -0.0315. The van der Waals surface area contributed by atoms with Gasteiger partial charge in [-0.25, -0.2) is 0 Å². The fourth-order valence-corrected chi connectivity index (χ4v) is 2.34. The SMILES string of the molecule is CC(C)(C)n1cc(C(=O)NC2CCC(N)CC2)cn1. The molecule has 3 N–H and O–H groups in total. The summed E-state index contributed by atoms with van der Waals surface area (Å²) in [5, 5.41) is 7.32. The molecule has 2 rings (SSSR count). The molecule has 1 aliphatic rings. The average molecular weight is 264 g/mol. The van der Waals surface area contributed by atoms with E-state index in [9.17, 15) is 4.79 Å². The molecule has 0 bridgehead atoms. The van der Waals surface area contributed by atoms with E-state index in [4.69, 9.17) is 5.73 Å². The molecule has 1 fully saturated rings. The van der Waals surface area contributed by atoms with Gasteiger partial charge in [0.25, 0.3) is 5.91 Å². The summed E-state index contributed by atoms with van der Waals surface area (Å²) in [6, 6.07) is 0.557. The van der Waals surface area contributed by atoms with E-state index in [-0.39, 0.29) is 17.5 Å². The molecular formula is C14H24N4O. The zero-order valence-electron chi connectivity index (χ0n) is 12.0. The Morgan fingerprint density at radius 2 is 2.00 bits per heavy atom. The van der Waals surface area contributed by atoms with E-state index >= 15 is 0 Å². The number of nitrogens with one attached hydrogen (secondary N) is 1. The van der Waals surface area contributed by atoms with Crippen LogP contribution in [0.15, 0.2) is 12.4 Å². The van der Waals surface area contributed by atoms with Crippen molar-refractivity contribution in [3.05, 3.63) is 18.0 Å². The van der Waals surface area contributed by atoms with Gasteiger partial charge in [0.1, 0.15) is 0 Å². The van der Waals surface area contributed by atoms with Gasteiger partial charge in [-0.3, -0.25) is 9.48 Å².